The van der Waals surface area contributed by atoms with E-state index in [0.717, 1.165) is 19.6 Å². The molecule has 9 nitrogen and oxygen atoms in total. The standard InChI is InChI=1S/C28H36Cl2N6O3/c1-8-9-35-13-18(14-35)34(5)20(16(2)3)15-36-26-17(12-32-28(31-4)33-26)10-19(27(36)37)23-24(29)21(38-6)11-22(39-7)25(23)30/h8,10-12,16,18,20H,1,9,13-15H2,2-7H3,(H,31,32,33)/t20-/m1/s1. The van der Waals surface area contributed by atoms with Gasteiger partial charge in [0.2, 0.25) is 5.95 Å². The minimum atomic E-state index is -0.261. The molecule has 1 fully saturated rings. The van der Waals surface area contributed by atoms with Crippen molar-refractivity contribution in [3.63, 3.8) is 0 Å². The number of pyridine rings is 1. The Kier molecular flexibility index (Phi) is 9.06. The van der Waals surface area contributed by atoms with E-state index < -0.39 is 0 Å². The molecule has 210 valence electrons. The summed E-state index contributed by atoms with van der Waals surface area (Å²) in [5, 5.41) is 4.12. The van der Waals surface area contributed by atoms with Gasteiger partial charge in [-0.05, 0) is 19.0 Å². The molecule has 0 aliphatic carbocycles. The van der Waals surface area contributed by atoms with Gasteiger partial charge in [0.05, 0.1) is 29.8 Å². The first-order valence-corrected chi connectivity index (χ1v) is 13.6. The second kappa shape index (κ2) is 12.1. The molecule has 0 radical (unpaired) electrons. The molecule has 3 heterocycles. The lowest BCUT2D eigenvalue weighted by Crippen LogP contribution is -2.61. The largest absolute Gasteiger partial charge is 0.495 e. The number of benzene rings is 1. The molecule has 0 saturated carbocycles. The quantitative estimate of drug-likeness (QED) is 0.331. The zero-order valence-electron chi connectivity index (χ0n) is 23.3. The van der Waals surface area contributed by atoms with Gasteiger partial charge in [-0.1, -0.05) is 43.1 Å². The van der Waals surface area contributed by atoms with Crippen LogP contribution in [-0.4, -0.2) is 84.4 Å². The highest BCUT2D eigenvalue weighted by molar-refractivity contribution is 6.41. The van der Waals surface area contributed by atoms with Crippen LogP contribution in [0.25, 0.3) is 22.2 Å². The highest BCUT2D eigenvalue weighted by Gasteiger charge is 2.34. The molecule has 3 aromatic rings. The van der Waals surface area contributed by atoms with E-state index in [0.29, 0.717) is 52.2 Å². The summed E-state index contributed by atoms with van der Waals surface area (Å²) in [6.07, 6.45) is 3.62. The first-order valence-electron chi connectivity index (χ1n) is 12.9. The Bertz CT molecular complexity index is 1390. The SMILES string of the molecule is C=CCN1CC(N(C)[C@H](Cn2c(=O)c(-c3c(Cl)c(OC)cc(OC)c3Cl)cc3cnc(NC)nc32)C(C)C)C1. The van der Waals surface area contributed by atoms with Gasteiger partial charge in [0.15, 0.2) is 0 Å². The number of ether oxygens (including phenoxy) is 2. The highest BCUT2D eigenvalue weighted by atomic mass is 35.5. The van der Waals surface area contributed by atoms with Gasteiger partial charge in [-0.15, -0.1) is 6.58 Å². The van der Waals surface area contributed by atoms with Gasteiger partial charge >= 0.3 is 0 Å². The van der Waals surface area contributed by atoms with Gasteiger partial charge in [-0.3, -0.25) is 19.2 Å². The van der Waals surface area contributed by atoms with E-state index in [1.165, 1.54) is 14.2 Å². The fourth-order valence-corrected chi connectivity index (χ4v) is 5.85. The zero-order valence-corrected chi connectivity index (χ0v) is 24.8. The average molecular weight is 576 g/mol. The number of hydrogen-bond donors (Lipinski definition) is 1. The van der Waals surface area contributed by atoms with Crippen molar-refractivity contribution in [2.45, 2.75) is 32.5 Å². The van der Waals surface area contributed by atoms with Crippen LogP contribution in [0.4, 0.5) is 5.95 Å². The van der Waals surface area contributed by atoms with Crippen molar-refractivity contribution in [3.8, 4) is 22.6 Å². The van der Waals surface area contributed by atoms with Crippen LogP contribution in [0.5, 0.6) is 11.5 Å². The van der Waals surface area contributed by atoms with Crippen molar-refractivity contribution < 1.29 is 9.47 Å². The predicted molar refractivity (Wildman–Crippen MR) is 159 cm³/mol. The van der Waals surface area contributed by atoms with Crippen LogP contribution in [0.2, 0.25) is 10.0 Å². The van der Waals surface area contributed by atoms with Gasteiger partial charge in [0.25, 0.3) is 5.56 Å². The Morgan fingerprint density at radius 2 is 1.85 bits per heavy atom. The number of nitrogens with zero attached hydrogens (tertiary/aromatic N) is 5. The third-order valence-corrected chi connectivity index (χ3v) is 8.21. The smallest absolute Gasteiger partial charge is 0.260 e. The van der Waals surface area contributed by atoms with Crippen molar-refractivity contribution in [1.29, 1.82) is 0 Å². The molecule has 0 spiro atoms. The Labute approximate surface area is 239 Å². The van der Waals surface area contributed by atoms with Gasteiger partial charge in [0.1, 0.15) is 17.1 Å². The molecule has 11 heteroatoms. The fraction of sp³-hybridized carbons (Fsp3) is 0.464. The maximum atomic E-state index is 14.3. The summed E-state index contributed by atoms with van der Waals surface area (Å²) in [6.45, 7) is 11.4. The minimum Gasteiger partial charge on any atom is -0.495 e. The van der Waals surface area contributed by atoms with Crippen LogP contribution in [-0.2, 0) is 6.54 Å². The number of rotatable bonds is 11. The normalized spacial score (nSPS) is 15.0. The summed E-state index contributed by atoms with van der Waals surface area (Å²) in [6, 6.07) is 3.79. The summed E-state index contributed by atoms with van der Waals surface area (Å²) >= 11 is 13.5. The topological polar surface area (TPSA) is 84.8 Å². The maximum absolute atomic E-state index is 14.3. The molecule has 2 aromatic heterocycles. The molecule has 4 rings (SSSR count). The van der Waals surface area contributed by atoms with E-state index in [1.54, 1.807) is 29.9 Å². The number of nitrogens with one attached hydrogen (secondary N) is 1. The van der Waals surface area contributed by atoms with Crippen molar-refractivity contribution in [1.82, 2.24) is 24.3 Å². The lowest BCUT2D eigenvalue weighted by Gasteiger charge is -2.47. The number of likely N-dealkylation sites (tertiary alicyclic amines) is 1. The zero-order chi connectivity index (χ0) is 28.4. The average Bonchev–Trinajstić information content (AvgIpc) is 2.89. The Morgan fingerprint density at radius 1 is 1.21 bits per heavy atom. The van der Waals surface area contributed by atoms with Gasteiger partial charge in [-0.2, -0.15) is 4.98 Å². The third-order valence-electron chi connectivity index (χ3n) is 7.46. The number of likely N-dealkylation sites (N-methyl/N-ethyl adjacent to an activating group) is 1. The Balaban J connectivity index is 1.89. The summed E-state index contributed by atoms with van der Waals surface area (Å²) in [5.74, 6) is 1.41. The molecule has 1 atom stereocenters. The fourth-order valence-electron chi connectivity index (χ4n) is 5.15. The van der Waals surface area contributed by atoms with Crippen LogP contribution in [0.1, 0.15) is 13.8 Å². The van der Waals surface area contributed by atoms with Crippen molar-refractivity contribution in [3.05, 3.63) is 51.4 Å². The van der Waals surface area contributed by atoms with Gasteiger partial charge in [-0.25, -0.2) is 4.98 Å². The van der Waals surface area contributed by atoms with Gasteiger partial charge in [0, 0.05) is 68.5 Å². The van der Waals surface area contributed by atoms with Crippen molar-refractivity contribution >= 4 is 40.2 Å². The van der Waals surface area contributed by atoms with Gasteiger partial charge < -0.3 is 14.8 Å². The van der Waals surface area contributed by atoms with E-state index in [1.807, 2.05) is 6.08 Å². The minimum absolute atomic E-state index is 0.0656. The van der Waals surface area contributed by atoms with E-state index >= 15 is 0 Å². The molecule has 1 saturated heterocycles. The molecular formula is C28H36Cl2N6O3. The lowest BCUT2D eigenvalue weighted by atomic mass is 9.97. The summed E-state index contributed by atoms with van der Waals surface area (Å²) in [7, 11) is 6.89. The predicted octanol–water partition coefficient (Wildman–Crippen LogP) is 4.65. The number of aromatic nitrogens is 3. The van der Waals surface area contributed by atoms with Crippen molar-refractivity contribution in [2.24, 2.45) is 5.92 Å². The van der Waals surface area contributed by atoms with Crippen molar-refractivity contribution in [2.75, 3.05) is 53.3 Å². The first kappa shape index (κ1) is 29.1. The van der Waals surface area contributed by atoms with E-state index in [4.69, 9.17) is 32.7 Å². The summed E-state index contributed by atoms with van der Waals surface area (Å²) in [4.78, 5) is 28.1. The van der Waals surface area contributed by atoms with E-state index in [-0.39, 0.29) is 27.6 Å². The van der Waals surface area contributed by atoms with Crippen LogP contribution in [0.15, 0.2) is 35.8 Å². The molecule has 1 aliphatic rings. The number of fused-ring (bicyclic) bond motifs is 1. The van der Waals surface area contributed by atoms with E-state index in [2.05, 4.69) is 52.6 Å². The molecule has 0 bridgehead atoms. The molecule has 1 N–H and O–H groups in total. The molecule has 0 amide bonds. The van der Waals surface area contributed by atoms with Crippen LogP contribution in [0.3, 0.4) is 0 Å². The molecule has 1 aliphatic heterocycles. The summed E-state index contributed by atoms with van der Waals surface area (Å²) in [5.41, 5.74) is 0.942. The number of methoxy groups -OCH3 is 2. The molecule has 1 aromatic carbocycles. The maximum Gasteiger partial charge on any atom is 0.260 e. The lowest BCUT2D eigenvalue weighted by molar-refractivity contribution is 0.0147. The van der Waals surface area contributed by atoms with Crippen LogP contribution >= 0.6 is 23.2 Å². The number of hydrogen-bond acceptors (Lipinski definition) is 8. The Morgan fingerprint density at radius 3 is 2.38 bits per heavy atom. The first-order chi connectivity index (χ1) is 18.6. The van der Waals surface area contributed by atoms with Crippen LogP contribution < -0.4 is 20.3 Å². The third kappa shape index (κ3) is 5.59. The molecule has 0 unspecified atom stereocenters. The highest BCUT2D eigenvalue weighted by Crippen LogP contribution is 2.45. The molecule has 39 heavy (non-hydrogen) atoms. The number of anilines is 1. The van der Waals surface area contributed by atoms with E-state index in [9.17, 15) is 4.79 Å². The second-order valence-corrected chi connectivity index (χ2v) is 10.9. The monoisotopic (exact) mass is 574 g/mol. The second-order valence-electron chi connectivity index (χ2n) is 10.1. The molecular weight excluding hydrogens is 539 g/mol. The van der Waals surface area contributed by atoms with Crippen LogP contribution in [0, 0.1) is 5.92 Å². The number of halogens is 2. The Hall–Kier alpha value is -2.85. The summed E-state index contributed by atoms with van der Waals surface area (Å²) < 4.78 is 12.6.